The second-order valence-corrected chi connectivity index (χ2v) is 6.18. The van der Waals surface area contributed by atoms with E-state index in [-0.39, 0.29) is 33.3 Å². The first-order valence-electron chi connectivity index (χ1n) is 8.31. The van der Waals surface area contributed by atoms with E-state index in [2.05, 4.69) is 5.10 Å². The summed E-state index contributed by atoms with van der Waals surface area (Å²) >= 11 is 6.10. The Morgan fingerprint density at radius 3 is 2.24 bits per heavy atom. The van der Waals surface area contributed by atoms with Crippen molar-refractivity contribution in [1.82, 2.24) is 9.78 Å². The number of hydrogen-bond donors (Lipinski definition) is 0. The van der Waals surface area contributed by atoms with E-state index in [1.165, 1.54) is 25.0 Å². The summed E-state index contributed by atoms with van der Waals surface area (Å²) in [5.74, 6) is -2.55. The molecule has 0 saturated heterocycles. The van der Waals surface area contributed by atoms with Crippen LogP contribution in [0.2, 0.25) is 5.02 Å². The van der Waals surface area contributed by atoms with Gasteiger partial charge in [-0.3, -0.25) is 0 Å². The van der Waals surface area contributed by atoms with Gasteiger partial charge >= 0.3 is 11.9 Å². The first-order valence-corrected chi connectivity index (χ1v) is 8.69. The van der Waals surface area contributed by atoms with Crippen molar-refractivity contribution in [3.05, 3.63) is 64.6 Å². The largest absolute Gasteiger partial charge is 0.492 e. The van der Waals surface area contributed by atoms with E-state index in [1.54, 1.807) is 30.3 Å². The molecule has 3 rings (SSSR count). The Labute approximate surface area is 170 Å². The Morgan fingerprint density at radius 2 is 1.69 bits per heavy atom. The van der Waals surface area contributed by atoms with Gasteiger partial charge in [-0.15, -0.1) is 0 Å². The molecule has 9 heteroatoms. The summed E-state index contributed by atoms with van der Waals surface area (Å²) in [7, 11) is 3.62. The van der Waals surface area contributed by atoms with Crippen molar-refractivity contribution in [1.29, 1.82) is 0 Å². The highest BCUT2D eigenvalue weighted by atomic mass is 35.5. The lowest BCUT2D eigenvalue weighted by molar-refractivity contribution is 0.0549. The molecular formula is C20H16ClFN2O5. The van der Waals surface area contributed by atoms with Gasteiger partial charge in [0.1, 0.15) is 11.3 Å². The third-order valence-electron chi connectivity index (χ3n) is 4.13. The second kappa shape index (κ2) is 8.32. The zero-order valence-electron chi connectivity index (χ0n) is 15.7. The molecule has 0 saturated carbocycles. The summed E-state index contributed by atoms with van der Waals surface area (Å²) in [6.45, 7) is 0. The van der Waals surface area contributed by atoms with Crippen LogP contribution in [0.3, 0.4) is 0 Å². The smallest absolute Gasteiger partial charge is 0.357 e. The van der Waals surface area contributed by atoms with E-state index < -0.39 is 17.8 Å². The molecule has 0 aliphatic heterocycles. The number of carbonyl (C=O) groups is 2. The average molecular weight is 419 g/mol. The van der Waals surface area contributed by atoms with Gasteiger partial charge in [0.25, 0.3) is 0 Å². The maximum atomic E-state index is 14.4. The summed E-state index contributed by atoms with van der Waals surface area (Å²) < 4.78 is 30.3. The lowest BCUT2D eigenvalue weighted by Gasteiger charge is -2.08. The number of aromatic nitrogens is 2. The second-order valence-electron chi connectivity index (χ2n) is 5.78. The predicted molar refractivity (Wildman–Crippen MR) is 103 cm³/mol. The molecule has 0 atom stereocenters. The van der Waals surface area contributed by atoms with Gasteiger partial charge in [-0.25, -0.2) is 18.7 Å². The lowest BCUT2D eigenvalue weighted by atomic mass is 10.0. The van der Waals surface area contributed by atoms with Crippen molar-refractivity contribution >= 4 is 23.5 Å². The highest BCUT2D eigenvalue weighted by molar-refractivity contribution is 6.32. The molecule has 0 bridgehead atoms. The van der Waals surface area contributed by atoms with Gasteiger partial charge in [-0.2, -0.15) is 5.10 Å². The lowest BCUT2D eigenvalue weighted by Crippen LogP contribution is -2.15. The van der Waals surface area contributed by atoms with Gasteiger partial charge in [-0.1, -0.05) is 29.8 Å². The summed E-state index contributed by atoms with van der Waals surface area (Å²) in [6, 6.07) is 11.1. The van der Waals surface area contributed by atoms with Crippen LogP contribution in [0.1, 0.15) is 20.8 Å². The third-order valence-corrected chi connectivity index (χ3v) is 4.41. The maximum absolute atomic E-state index is 14.4. The van der Waals surface area contributed by atoms with E-state index in [0.29, 0.717) is 5.69 Å². The Balaban J connectivity index is 2.37. The molecule has 0 radical (unpaired) electrons. The van der Waals surface area contributed by atoms with Crippen molar-refractivity contribution in [2.45, 2.75) is 0 Å². The van der Waals surface area contributed by atoms with Gasteiger partial charge in [0.15, 0.2) is 17.3 Å². The summed E-state index contributed by atoms with van der Waals surface area (Å²) in [5.41, 5.74) is 0.319. The minimum atomic E-state index is -0.838. The molecule has 0 fully saturated rings. The third kappa shape index (κ3) is 3.66. The van der Waals surface area contributed by atoms with Crippen molar-refractivity contribution in [2.24, 2.45) is 0 Å². The van der Waals surface area contributed by atoms with E-state index in [4.69, 9.17) is 25.8 Å². The fraction of sp³-hybridized carbons (Fsp3) is 0.150. The molecule has 0 aliphatic rings. The zero-order valence-corrected chi connectivity index (χ0v) is 16.5. The van der Waals surface area contributed by atoms with Gasteiger partial charge < -0.3 is 14.2 Å². The first-order chi connectivity index (χ1) is 13.9. The molecule has 0 spiro atoms. The van der Waals surface area contributed by atoms with Crippen LogP contribution in [-0.4, -0.2) is 43.0 Å². The van der Waals surface area contributed by atoms with Crippen LogP contribution in [-0.2, 0) is 9.47 Å². The van der Waals surface area contributed by atoms with Crippen molar-refractivity contribution in [2.75, 3.05) is 21.3 Å². The van der Waals surface area contributed by atoms with E-state index in [0.717, 1.165) is 13.2 Å². The van der Waals surface area contributed by atoms with Crippen LogP contribution >= 0.6 is 11.6 Å². The quantitative estimate of drug-likeness (QED) is 0.584. The number of esters is 2. The van der Waals surface area contributed by atoms with Gasteiger partial charge in [0.2, 0.25) is 0 Å². The summed E-state index contributed by atoms with van der Waals surface area (Å²) in [5, 5.41) is 4.35. The SMILES string of the molecule is COC(=O)c1c(-c2cc(F)c(OC)c(Cl)c2)nn(-c2ccccc2)c1C(=O)OC. The normalized spacial score (nSPS) is 10.5. The van der Waals surface area contributed by atoms with Gasteiger partial charge in [0.05, 0.1) is 32.0 Å². The number of benzene rings is 2. The molecular weight excluding hydrogens is 403 g/mol. The number of halogens is 2. The van der Waals surface area contributed by atoms with E-state index in [9.17, 15) is 14.0 Å². The molecule has 2 aromatic carbocycles. The topological polar surface area (TPSA) is 79.7 Å². The zero-order chi connectivity index (χ0) is 21.1. The van der Waals surface area contributed by atoms with Gasteiger partial charge in [-0.05, 0) is 24.3 Å². The number of para-hydroxylation sites is 1. The first kappa shape index (κ1) is 20.3. The highest BCUT2D eigenvalue weighted by Crippen LogP contribution is 2.35. The maximum Gasteiger partial charge on any atom is 0.357 e. The molecule has 0 N–H and O–H groups in total. The predicted octanol–water partition coefficient (Wildman–Crippen LogP) is 3.91. The molecule has 1 aromatic heterocycles. The molecule has 0 amide bonds. The molecule has 7 nitrogen and oxygen atoms in total. The van der Waals surface area contributed by atoms with Crippen LogP contribution in [0.25, 0.3) is 16.9 Å². The van der Waals surface area contributed by atoms with Gasteiger partial charge in [0, 0.05) is 5.56 Å². The van der Waals surface area contributed by atoms with Crippen LogP contribution in [0, 0.1) is 5.82 Å². The van der Waals surface area contributed by atoms with Crippen molar-refractivity contribution < 1.29 is 28.2 Å². The standard InChI is InChI=1S/C20H16ClFN2O5/c1-27-18-13(21)9-11(10-14(18)22)16-15(19(25)28-2)17(20(26)29-3)24(23-16)12-7-5-4-6-8-12/h4-10H,1-3H3. The monoisotopic (exact) mass is 418 g/mol. The molecule has 3 aromatic rings. The van der Waals surface area contributed by atoms with Crippen molar-refractivity contribution in [3.63, 3.8) is 0 Å². The summed E-state index contributed by atoms with van der Waals surface area (Å²) in [4.78, 5) is 25.1. The fourth-order valence-electron chi connectivity index (χ4n) is 2.85. The Bertz CT molecular complexity index is 1060. The van der Waals surface area contributed by atoms with E-state index in [1.807, 2.05) is 0 Å². The molecule has 29 heavy (non-hydrogen) atoms. The Hall–Kier alpha value is -3.39. The molecule has 1 heterocycles. The minimum absolute atomic E-state index is 0.00422. The van der Waals surface area contributed by atoms with Crippen LogP contribution in [0.15, 0.2) is 42.5 Å². The number of hydrogen-bond acceptors (Lipinski definition) is 6. The number of ether oxygens (including phenoxy) is 3. The number of methoxy groups -OCH3 is 3. The fourth-order valence-corrected chi connectivity index (χ4v) is 3.13. The number of carbonyl (C=O) groups excluding carboxylic acids is 2. The molecule has 150 valence electrons. The molecule has 0 unspecified atom stereocenters. The number of rotatable bonds is 5. The number of nitrogens with zero attached hydrogens (tertiary/aromatic N) is 2. The Morgan fingerprint density at radius 1 is 1.03 bits per heavy atom. The van der Waals surface area contributed by atoms with Crippen molar-refractivity contribution in [3.8, 4) is 22.7 Å². The Kier molecular flexibility index (Phi) is 5.84. The average Bonchev–Trinajstić information content (AvgIpc) is 3.13. The van der Waals surface area contributed by atoms with E-state index >= 15 is 0 Å². The highest BCUT2D eigenvalue weighted by Gasteiger charge is 2.32. The molecule has 0 aliphatic carbocycles. The summed E-state index contributed by atoms with van der Waals surface area (Å²) in [6.07, 6.45) is 0. The van der Waals surface area contributed by atoms with Crippen LogP contribution in [0.4, 0.5) is 4.39 Å². The van der Waals surface area contributed by atoms with Crippen LogP contribution < -0.4 is 4.74 Å². The minimum Gasteiger partial charge on any atom is -0.492 e. The van der Waals surface area contributed by atoms with Crippen LogP contribution in [0.5, 0.6) is 5.75 Å².